The van der Waals surface area contributed by atoms with Crippen molar-refractivity contribution in [1.82, 2.24) is 15.6 Å². The topological polar surface area (TPSA) is 94.5 Å². The van der Waals surface area contributed by atoms with E-state index in [1.54, 1.807) is 35.8 Å². The van der Waals surface area contributed by atoms with E-state index in [2.05, 4.69) is 10.3 Å². The quantitative estimate of drug-likeness (QED) is 0.567. The Hall–Kier alpha value is -2.49. The number of carbonyl (C=O) groups is 1. The summed E-state index contributed by atoms with van der Waals surface area (Å²) in [6.45, 7) is -0.294. The van der Waals surface area contributed by atoms with Crippen LogP contribution in [0.4, 0.5) is 13.2 Å². The maximum Gasteiger partial charge on any atom is 0.315 e. The van der Waals surface area contributed by atoms with Crippen LogP contribution in [-0.2, 0) is 10.4 Å². The Morgan fingerprint density at radius 1 is 1.18 bits per heavy atom. The molecule has 1 aromatic carbocycles. The summed E-state index contributed by atoms with van der Waals surface area (Å²) in [5.41, 5.74) is 1.44. The third-order valence-corrected chi connectivity index (χ3v) is 4.73. The summed E-state index contributed by atoms with van der Waals surface area (Å²) < 4.78 is 37.7. The minimum Gasteiger partial charge on any atom is -0.386 e. The molecule has 0 spiro atoms. The minimum absolute atomic E-state index is 0.278. The van der Waals surface area contributed by atoms with Crippen LogP contribution in [0.2, 0.25) is 0 Å². The van der Waals surface area contributed by atoms with Crippen molar-refractivity contribution >= 4 is 5.91 Å². The highest BCUT2D eigenvalue weighted by Gasteiger charge is 2.37. The fourth-order valence-corrected chi connectivity index (χ4v) is 2.94. The predicted octanol–water partition coefficient (Wildman–Crippen LogP) is 1.29. The van der Waals surface area contributed by atoms with E-state index in [0.717, 1.165) is 11.1 Å². The summed E-state index contributed by atoms with van der Waals surface area (Å²) in [5.74, 6) is -1.63. The molecule has 1 aliphatic heterocycles. The van der Waals surface area contributed by atoms with Gasteiger partial charge >= 0.3 is 6.43 Å². The molecule has 1 aromatic heterocycles. The normalized spacial score (nSPS) is 17.6. The van der Waals surface area contributed by atoms with Crippen molar-refractivity contribution in [2.75, 3.05) is 19.8 Å². The van der Waals surface area contributed by atoms with E-state index in [9.17, 15) is 28.2 Å². The summed E-state index contributed by atoms with van der Waals surface area (Å²) in [7, 11) is 0. The van der Waals surface area contributed by atoms with Crippen molar-refractivity contribution in [1.29, 1.82) is 0 Å². The van der Waals surface area contributed by atoms with Crippen molar-refractivity contribution in [2.45, 2.75) is 24.2 Å². The average molecular weight is 395 g/mol. The second-order valence-corrected chi connectivity index (χ2v) is 6.70. The molecule has 0 saturated carbocycles. The fraction of sp³-hybridized carbons (Fsp3) is 0.368. The van der Waals surface area contributed by atoms with Crippen LogP contribution in [0, 0.1) is 0 Å². The summed E-state index contributed by atoms with van der Waals surface area (Å²) >= 11 is 0. The van der Waals surface area contributed by atoms with Gasteiger partial charge in [0.15, 0.2) is 0 Å². The molecule has 2 heterocycles. The Labute approximate surface area is 159 Å². The Morgan fingerprint density at radius 2 is 1.82 bits per heavy atom. The molecule has 1 fully saturated rings. The van der Waals surface area contributed by atoms with Crippen LogP contribution < -0.4 is 10.6 Å². The average Bonchev–Trinajstić information content (AvgIpc) is 2.69. The molecule has 9 heteroatoms. The molecule has 6 nitrogen and oxygen atoms in total. The van der Waals surface area contributed by atoms with Crippen LogP contribution in [0.5, 0.6) is 0 Å². The molecule has 2 aromatic rings. The highest BCUT2D eigenvalue weighted by atomic mass is 19.3. The molecule has 28 heavy (non-hydrogen) atoms. The van der Waals surface area contributed by atoms with Crippen molar-refractivity contribution in [2.24, 2.45) is 0 Å². The SMILES string of the molecule is O=C(NC(CF)C(O)c1ccc(-c2ccc(C3(O)CNC3)nc2)cc1)C(F)F. The van der Waals surface area contributed by atoms with E-state index in [-0.39, 0.29) is 5.56 Å². The van der Waals surface area contributed by atoms with E-state index in [1.807, 2.05) is 0 Å². The van der Waals surface area contributed by atoms with Crippen molar-refractivity contribution in [3.8, 4) is 11.1 Å². The molecule has 0 radical (unpaired) electrons. The third kappa shape index (κ3) is 4.16. The Balaban J connectivity index is 1.71. The first-order valence-electron chi connectivity index (χ1n) is 8.66. The van der Waals surface area contributed by atoms with Crippen molar-refractivity contribution in [3.05, 3.63) is 53.9 Å². The number of alkyl halides is 3. The lowest BCUT2D eigenvalue weighted by Crippen LogP contribution is -2.57. The number of pyridine rings is 1. The van der Waals surface area contributed by atoms with Crippen LogP contribution in [0.25, 0.3) is 11.1 Å². The molecule has 4 N–H and O–H groups in total. The van der Waals surface area contributed by atoms with Gasteiger partial charge in [0, 0.05) is 24.8 Å². The Bertz CT molecular complexity index is 811. The summed E-state index contributed by atoms with van der Waals surface area (Å²) in [4.78, 5) is 15.3. The highest BCUT2D eigenvalue weighted by molar-refractivity contribution is 5.79. The van der Waals surface area contributed by atoms with Gasteiger partial charge in [0.05, 0.1) is 11.7 Å². The van der Waals surface area contributed by atoms with Gasteiger partial charge < -0.3 is 20.8 Å². The van der Waals surface area contributed by atoms with Crippen molar-refractivity contribution < 1.29 is 28.2 Å². The standard InChI is InChI=1S/C19H20F3N3O3/c20-7-14(25-18(27)17(21)22)16(26)12-3-1-11(2-4-12)13-5-6-15(24-8-13)19(28)9-23-10-19/h1-6,8,14,16-17,23,26,28H,7,9-10H2,(H,25,27). The maximum atomic E-state index is 13.1. The Kier molecular flexibility index (Phi) is 5.97. The van der Waals surface area contributed by atoms with Crippen LogP contribution in [0.15, 0.2) is 42.6 Å². The molecule has 1 amide bonds. The van der Waals surface area contributed by atoms with Crippen molar-refractivity contribution in [3.63, 3.8) is 0 Å². The molecular formula is C19H20F3N3O3. The van der Waals surface area contributed by atoms with Gasteiger partial charge in [-0.1, -0.05) is 30.3 Å². The van der Waals surface area contributed by atoms with E-state index in [1.165, 1.54) is 12.1 Å². The maximum absolute atomic E-state index is 13.1. The molecule has 0 aliphatic carbocycles. The number of carbonyl (C=O) groups excluding carboxylic acids is 1. The number of nitrogens with one attached hydrogen (secondary N) is 2. The number of aromatic nitrogens is 1. The summed E-state index contributed by atoms with van der Waals surface area (Å²) in [5, 5.41) is 25.2. The fourth-order valence-electron chi connectivity index (χ4n) is 2.94. The first kappa shape index (κ1) is 20.2. The predicted molar refractivity (Wildman–Crippen MR) is 95.3 cm³/mol. The number of nitrogens with zero attached hydrogens (tertiary/aromatic N) is 1. The number of hydrogen-bond donors (Lipinski definition) is 4. The first-order valence-corrected chi connectivity index (χ1v) is 8.66. The number of aliphatic hydroxyl groups is 2. The second kappa shape index (κ2) is 8.26. The molecule has 1 saturated heterocycles. The van der Waals surface area contributed by atoms with Gasteiger partial charge in [-0.3, -0.25) is 9.78 Å². The zero-order valence-corrected chi connectivity index (χ0v) is 14.8. The zero-order valence-electron chi connectivity index (χ0n) is 14.8. The van der Waals surface area contributed by atoms with Gasteiger partial charge in [-0.2, -0.15) is 8.78 Å². The van der Waals surface area contributed by atoms with Crippen LogP contribution in [0.1, 0.15) is 17.4 Å². The molecule has 3 rings (SSSR count). The van der Waals surface area contributed by atoms with Crippen LogP contribution in [-0.4, -0.2) is 53.3 Å². The number of benzene rings is 1. The second-order valence-electron chi connectivity index (χ2n) is 6.70. The molecule has 0 bridgehead atoms. The first-order chi connectivity index (χ1) is 13.3. The number of rotatable bonds is 7. The van der Waals surface area contributed by atoms with E-state index in [4.69, 9.17) is 0 Å². The number of halogens is 3. The largest absolute Gasteiger partial charge is 0.386 e. The van der Waals surface area contributed by atoms with E-state index >= 15 is 0 Å². The van der Waals surface area contributed by atoms with Gasteiger partial charge in [-0.25, -0.2) is 4.39 Å². The number of aliphatic hydroxyl groups excluding tert-OH is 1. The van der Waals surface area contributed by atoms with Gasteiger partial charge in [-0.05, 0) is 17.2 Å². The third-order valence-electron chi connectivity index (χ3n) is 4.73. The molecule has 150 valence electrons. The van der Waals surface area contributed by atoms with Gasteiger partial charge in [0.25, 0.3) is 5.91 Å². The zero-order chi connectivity index (χ0) is 20.3. The lowest BCUT2D eigenvalue weighted by molar-refractivity contribution is -0.133. The molecule has 2 atom stereocenters. The van der Waals surface area contributed by atoms with Gasteiger partial charge in [0.1, 0.15) is 18.4 Å². The highest BCUT2D eigenvalue weighted by Crippen LogP contribution is 2.27. The number of β-amino-alcohol motifs (C(OH)–C–C–N with tert-alkyl or cyclic N) is 1. The van der Waals surface area contributed by atoms with Gasteiger partial charge in [0.2, 0.25) is 0 Å². The minimum atomic E-state index is -3.28. The monoisotopic (exact) mass is 395 g/mol. The lowest BCUT2D eigenvalue weighted by Gasteiger charge is -2.36. The summed E-state index contributed by atoms with van der Waals surface area (Å²) in [6, 6.07) is 8.45. The molecule has 1 aliphatic rings. The number of amides is 1. The number of hydrogen-bond acceptors (Lipinski definition) is 5. The van der Waals surface area contributed by atoms with Crippen LogP contribution in [0.3, 0.4) is 0 Å². The van der Waals surface area contributed by atoms with Gasteiger partial charge in [-0.15, -0.1) is 0 Å². The summed E-state index contributed by atoms with van der Waals surface area (Å²) in [6.07, 6.45) is -3.14. The molecule has 2 unspecified atom stereocenters. The van der Waals surface area contributed by atoms with Crippen LogP contribution >= 0.6 is 0 Å². The smallest absolute Gasteiger partial charge is 0.315 e. The van der Waals surface area contributed by atoms with E-state index in [0.29, 0.717) is 18.8 Å². The van der Waals surface area contributed by atoms with E-state index < -0.39 is 36.8 Å². The Morgan fingerprint density at radius 3 is 2.29 bits per heavy atom. The lowest BCUT2D eigenvalue weighted by atomic mass is 9.92. The molecular weight excluding hydrogens is 375 g/mol.